The average molecular weight is 663 g/mol. The molecule has 7 rings (SSSR count). The molecule has 0 saturated heterocycles. The molecule has 0 spiro atoms. The van der Waals surface area contributed by atoms with Crippen molar-refractivity contribution in [2.24, 2.45) is 0 Å². The Bertz CT molecular complexity index is 2280. The first-order valence-corrected chi connectivity index (χ1v) is 18.2. The Kier molecular flexibility index (Phi) is 8.36. The predicted octanol–water partition coefficient (Wildman–Crippen LogP) is 7.62. The zero-order valence-corrected chi connectivity index (χ0v) is 29.1. The van der Waals surface area contributed by atoms with Crippen LogP contribution in [0.1, 0.15) is 42.5 Å². The molecule has 0 atom stereocenters. The summed E-state index contributed by atoms with van der Waals surface area (Å²) >= 11 is 5.07. The summed E-state index contributed by atoms with van der Waals surface area (Å²) in [6.07, 6.45) is 10.5. The molecule has 0 unspecified atom stereocenters. The molecule has 0 amide bonds. The van der Waals surface area contributed by atoms with Gasteiger partial charge in [0.2, 0.25) is 5.52 Å². The van der Waals surface area contributed by atoms with Gasteiger partial charge in [-0.15, -0.1) is 11.3 Å². The van der Waals surface area contributed by atoms with E-state index in [1.54, 1.807) is 23.1 Å². The molecule has 8 heteroatoms. The largest absolute Gasteiger partial charge is 0.456 e. The maximum Gasteiger partial charge on any atom is 0.269 e. The molecule has 0 fully saturated rings. The number of benzene rings is 3. The lowest BCUT2D eigenvalue weighted by Crippen LogP contribution is -2.33. The highest BCUT2D eigenvalue weighted by molar-refractivity contribution is 8.03. The molecule has 5 nitrogen and oxygen atoms in total. The highest BCUT2D eigenvalue weighted by Gasteiger charge is 2.24. The van der Waals surface area contributed by atoms with Gasteiger partial charge in [-0.2, -0.15) is 4.57 Å². The van der Waals surface area contributed by atoms with E-state index in [9.17, 15) is 4.79 Å². The number of ether oxygens (including phenoxy) is 1. The van der Waals surface area contributed by atoms with Crippen molar-refractivity contribution in [1.82, 2.24) is 4.57 Å². The number of aromatic nitrogens is 2. The molecule has 0 N–H and O–H groups in total. The van der Waals surface area contributed by atoms with Crippen LogP contribution in [0.2, 0.25) is 0 Å². The van der Waals surface area contributed by atoms with Crippen molar-refractivity contribution in [2.45, 2.75) is 52.6 Å². The smallest absolute Gasteiger partial charge is 0.269 e. The molecule has 2 aromatic heterocycles. The highest BCUT2D eigenvalue weighted by atomic mass is 32.2. The molecule has 46 heavy (non-hydrogen) atoms. The number of fused-ring (bicyclic) bond motifs is 3. The van der Waals surface area contributed by atoms with Crippen molar-refractivity contribution >= 4 is 74.1 Å². The van der Waals surface area contributed by atoms with E-state index in [-0.39, 0.29) is 5.56 Å². The predicted molar refractivity (Wildman–Crippen MR) is 196 cm³/mol. The zero-order chi connectivity index (χ0) is 31.9. The summed E-state index contributed by atoms with van der Waals surface area (Å²) in [5, 5.41) is 2.28. The normalized spacial score (nSPS) is 16.8. The van der Waals surface area contributed by atoms with Crippen molar-refractivity contribution in [3.05, 3.63) is 125 Å². The first kappa shape index (κ1) is 30.5. The van der Waals surface area contributed by atoms with Gasteiger partial charge in [0.25, 0.3) is 10.6 Å². The van der Waals surface area contributed by atoms with Gasteiger partial charge in [0.1, 0.15) is 22.8 Å². The van der Waals surface area contributed by atoms with Crippen LogP contribution in [0.3, 0.4) is 0 Å². The Morgan fingerprint density at radius 1 is 0.891 bits per heavy atom. The average Bonchev–Trinajstić information content (AvgIpc) is 3.69. The lowest BCUT2D eigenvalue weighted by Gasteiger charge is -2.18. The number of allylic oxidation sites excluding steroid dienone is 3. The van der Waals surface area contributed by atoms with Gasteiger partial charge in [-0.3, -0.25) is 9.36 Å². The quantitative estimate of drug-likeness (QED) is 0.176. The molecule has 5 aromatic rings. The summed E-state index contributed by atoms with van der Waals surface area (Å²) in [5.41, 5.74) is 7.15. The third-order valence-electron chi connectivity index (χ3n) is 8.51. The lowest BCUT2D eigenvalue weighted by atomic mass is 10.0. The molecule has 2 aliphatic rings. The van der Waals surface area contributed by atoms with Gasteiger partial charge < -0.3 is 9.64 Å². The van der Waals surface area contributed by atoms with E-state index >= 15 is 0 Å². The topological polar surface area (TPSA) is 38.4 Å². The highest BCUT2D eigenvalue weighted by Crippen LogP contribution is 2.45. The summed E-state index contributed by atoms with van der Waals surface area (Å²) < 4.78 is 13.6. The van der Waals surface area contributed by atoms with Crippen LogP contribution in [0.4, 0.5) is 5.69 Å². The molecular formula is C38H36N3O2S3+. The number of aryl methyl sites for hydroxylation is 3. The second kappa shape index (κ2) is 12.6. The third-order valence-corrected chi connectivity index (χ3v) is 11.8. The summed E-state index contributed by atoms with van der Waals surface area (Å²) in [7, 11) is 0. The minimum Gasteiger partial charge on any atom is -0.456 e. The minimum atomic E-state index is 0.0377. The number of nitrogens with zero attached hydrogens (tertiary/aromatic N) is 3. The summed E-state index contributed by atoms with van der Waals surface area (Å²) in [4.78, 5) is 17.2. The van der Waals surface area contributed by atoms with Gasteiger partial charge in [-0.25, -0.2) is 0 Å². The van der Waals surface area contributed by atoms with Crippen molar-refractivity contribution < 1.29 is 9.30 Å². The van der Waals surface area contributed by atoms with Crippen molar-refractivity contribution in [3.8, 4) is 5.75 Å². The van der Waals surface area contributed by atoms with E-state index in [1.165, 1.54) is 43.3 Å². The van der Waals surface area contributed by atoms with Gasteiger partial charge in [0.15, 0.2) is 0 Å². The summed E-state index contributed by atoms with van der Waals surface area (Å²) in [6, 6.07) is 21.2. The van der Waals surface area contributed by atoms with Gasteiger partial charge in [0.05, 0.1) is 26.0 Å². The molecule has 0 saturated carbocycles. The van der Waals surface area contributed by atoms with Crippen LogP contribution in [-0.4, -0.2) is 11.1 Å². The molecule has 0 radical (unpaired) electrons. The SMILES string of the molecule is CCN1C(=CC=c2sc(=CC3=CC(=Cc4sc5cc(C)c(C)cc5[n+]4CC)Oc4ccccc43)n(CC)c2=O)Sc2ccccc21. The first-order chi connectivity index (χ1) is 22.4. The zero-order valence-electron chi connectivity index (χ0n) is 26.7. The molecule has 4 heterocycles. The summed E-state index contributed by atoms with van der Waals surface area (Å²) in [6.45, 7) is 13.0. The first-order valence-electron chi connectivity index (χ1n) is 15.7. The third kappa shape index (κ3) is 5.48. The number of anilines is 1. The van der Waals surface area contributed by atoms with Crippen molar-refractivity contribution in [2.75, 3.05) is 11.4 Å². The van der Waals surface area contributed by atoms with Crippen molar-refractivity contribution in [3.63, 3.8) is 0 Å². The van der Waals surface area contributed by atoms with E-state index in [2.05, 4.69) is 104 Å². The molecule has 0 bridgehead atoms. The molecular weight excluding hydrogens is 627 g/mol. The lowest BCUT2D eigenvalue weighted by molar-refractivity contribution is -0.665. The van der Waals surface area contributed by atoms with Crippen LogP contribution >= 0.6 is 34.4 Å². The molecule has 232 valence electrons. The fourth-order valence-corrected chi connectivity index (χ4v) is 9.46. The van der Waals surface area contributed by atoms with Crippen LogP contribution in [0, 0.1) is 13.8 Å². The van der Waals surface area contributed by atoms with E-state index < -0.39 is 0 Å². The van der Waals surface area contributed by atoms with E-state index in [1.807, 2.05) is 35.8 Å². The van der Waals surface area contributed by atoms with Gasteiger partial charge in [0, 0.05) is 29.6 Å². The van der Waals surface area contributed by atoms with Gasteiger partial charge in [-0.05, 0) is 99.9 Å². The van der Waals surface area contributed by atoms with Gasteiger partial charge >= 0.3 is 0 Å². The van der Waals surface area contributed by atoms with Crippen LogP contribution < -0.4 is 29.0 Å². The second-order valence-electron chi connectivity index (χ2n) is 11.3. The van der Waals surface area contributed by atoms with E-state index in [4.69, 9.17) is 4.74 Å². The second-order valence-corrected chi connectivity index (χ2v) is 14.5. The maximum atomic E-state index is 13.6. The Morgan fingerprint density at radius 2 is 1.67 bits per heavy atom. The number of hydrogen-bond acceptors (Lipinski definition) is 6. The number of thiazole rings is 2. The van der Waals surface area contributed by atoms with Gasteiger partial charge in [-0.1, -0.05) is 53.4 Å². The van der Waals surface area contributed by atoms with E-state index in [0.29, 0.717) is 6.54 Å². The Hall–Kier alpha value is -4.11. The van der Waals surface area contributed by atoms with E-state index in [0.717, 1.165) is 55.0 Å². The van der Waals surface area contributed by atoms with Crippen LogP contribution in [0.15, 0.2) is 93.3 Å². The molecule has 0 aliphatic carbocycles. The molecule has 2 aliphatic heterocycles. The number of para-hydroxylation sites is 2. The number of rotatable bonds is 6. The standard InChI is InChI=1S/C38H36N3O2S3/c1-6-39-29-14-10-12-16-32(29)44-35(39)18-17-33-38(42)41(8-3)36(45-33)22-26-21-27(43-31-15-11-9-13-28(26)31)23-37-40(7-2)30-19-24(4)25(5)20-34(30)46-37/h9-23H,6-8H2,1-5H3/q+1. The minimum absolute atomic E-state index is 0.0377. The molecule has 3 aromatic carbocycles. The van der Waals surface area contributed by atoms with Crippen LogP contribution in [-0.2, 0) is 13.1 Å². The monoisotopic (exact) mass is 662 g/mol. The van der Waals surface area contributed by atoms with Crippen molar-refractivity contribution in [1.29, 1.82) is 0 Å². The Morgan fingerprint density at radius 3 is 2.48 bits per heavy atom. The van der Waals surface area contributed by atoms with Crippen LogP contribution in [0.5, 0.6) is 5.75 Å². The number of hydrogen-bond donors (Lipinski definition) is 0. The number of thioether (sulfide) groups is 1. The van der Waals surface area contributed by atoms with Crippen LogP contribution in [0.25, 0.3) is 34.0 Å². The fourth-order valence-electron chi connectivity index (χ4n) is 6.02. The fraction of sp³-hybridized carbons (Fsp3) is 0.211. The summed E-state index contributed by atoms with van der Waals surface area (Å²) in [5.74, 6) is 1.59. The maximum absolute atomic E-state index is 13.6. The Labute approximate surface area is 281 Å². The Balaban J connectivity index is 1.32.